The zero-order valence-corrected chi connectivity index (χ0v) is 16.6. The SMILES string of the molecule is O=C(NCCN1CCCC(CO)C1)c1ccc(-c2c(F)cccc2F)cc1.O=CO. The first-order valence-corrected chi connectivity index (χ1v) is 9.73. The number of benzene rings is 2. The van der Waals surface area contributed by atoms with Crippen molar-refractivity contribution in [2.24, 2.45) is 5.92 Å². The normalized spacial score (nSPS) is 16.3. The van der Waals surface area contributed by atoms with Gasteiger partial charge < -0.3 is 20.4 Å². The molecule has 1 aliphatic rings. The Bertz CT molecular complexity index is 810. The maximum Gasteiger partial charge on any atom is 0.290 e. The summed E-state index contributed by atoms with van der Waals surface area (Å²) in [6, 6.07) is 9.97. The minimum absolute atomic E-state index is 0.0898. The van der Waals surface area contributed by atoms with E-state index in [1.807, 2.05) is 0 Å². The second-order valence-corrected chi connectivity index (χ2v) is 7.03. The van der Waals surface area contributed by atoms with E-state index in [1.54, 1.807) is 24.3 Å². The molecule has 162 valence electrons. The Morgan fingerprint density at radius 1 is 1.17 bits per heavy atom. The van der Waals surface area contributed by atoms with Crippen molar-refractivity contribution < 1.29 is 28.6 Å². The molecule has 2 aromatic rings. The van der Waals surface area contributed by atoms with Crippen molar-refractivity contribution in [3.05, 3.63) is 59.7 Å². The number of carbonyl (C=O) groups excluding carboxylic acids is 1. The molecule has 8 heteroatoms. The van der Waals surface area contributed by atoms with Crippen LogP contribution in [0.25, 0.3) is 11.1 Å². The standard InChI is InChI=1S/C21H24F2N2O2.CH2O2/c22-18-4-1-5-19(23)20(18)16-6-8-17(9-7-16)21(27)24-10-12-25-11-2-3-15(13-25)14-26;2-1-3/h1,4-9,15,26H,2-3,10-14H2,(H,24,27);1H,(H,2,3). The van der Waals surface area contributed by atoms with Crippen LogP contribution in [-0.4, -0.2) is 60.3 Å². The molecule has 0 saturated carbocycles. The Balaban J connectivity index is 0.00000101. The van der Waals surface area contributed by atoms with Crippen molar-refractivity contribution in [2.75, 3.05) is 32.8 Å². The van der Waals surface area contributed by atoms with Gasteiger partial charge in [0.1, 0.15) is 11.6 Å². The highest BCUT2D eigenvalue weighted by atomic mass is 19.1. The van der Waals surface area contributed by atoms with Gasteiger partial charge in [0, 0.05) is 31.8 Å². The number of aliphatic hydroxyl groups excluding tert-OH is 1. The summed E-state index contributed by atoms with van der Waals surface area (Å²) in [4.78, 5) is 22.9. The zero-order valence-electron chi connectivity index (χ0n) is 16.6. The van der Waals surface area contributed by atoms with Crippen molar-refractivity contribution in [2.45, 2.75) is 12.8 Å². The molecule has 3 N–H and O–H groups in total. The quantitative estimate of drug-likeness (QED) is 0.626. The molecule has 0 spiro atoms. The topological polar surface area (TPSA) is 89.9 Å². The van der Waals surface area contributed by atoms with Gasteiger partial charge in [-0.3, -0.25) is 9.59 Å². The molecule has 0 aromatic heterocycles. The van der Waals surface area contributed by atoms with E-state index in [9.17, 15) is 18.7 Å². The lowest BCUT2D eigenvalue weighted by Gasteiger charge is -2.31. The number of nitrogens with one attached hydrogen (secondary N) is 1. The van der Waals surface area contributed by atoms with Crippen LogP contribution in [0.2, 0.25) is 0 Å². The van der Waals surface area contributed by atoms with Crippen LogP contribution in [0.4, 0.5) is 8.78 Å². The smallest absolute Gasteiger partial charge is 0.290 e. The Kier molecular flexibility index (Phi) is 9.37. The molecular formula is C22H26F2N2O4. The van der Waals surface area contributed by atoms with Gasteiger partial charge in [0.15, 0.2) is 0 Å². The summed E-state index contributed by atoms with van der Waals surface area (Å²) in [5.41, 5.74) is 0.751. The van der Waals surface area contributed by atoms with E-state index in [-0.39, 0.29) is 24.5 Å². The van der Waals surface area contributed by atoms with E-state index in [0.717, 1.165) is 32.5 Å². The number of aliphatic hydroxyl groups is 1. The van der Waals surface area contributed by atoms with E-state index >= 15 is 0 Å². The second kappa shape index (κ2) is 12.0. The Labute approximate surface area is 174 Å². The lowest BCUT2D eigenvalue weighted by Crippen LogP contribution is -2.41. The number of piperidine rings is 1. The molecule has 1 aliphatic heterocycles. The van der Waals surface area contributed by atoms with Crippen LogP contribution in [-0.2, 0) is 4.79 Å². The first-order chi connectivity index (χ1) is 14.5. The molecular weight excluding hydrogens is 394 g/mol. The van der Waals surface area contributed by atoms with E-state index < -0.39 is 11.6 Å². The number of rotatable bonds is 6. The highest BCUT2D eigenvalue weighted by Crippen LogP contribution is 2.26. The summed E-state index contributed by atoms with van der Waals surface area (Å²) in [7, 11) is 0. The minimum Gasteiger partial charge on any atom is -0.483 e. The van der Waals surface area contributed by atoms with E-state index in [1.165, 1.54) is 18.2 Å². The maximum atomic E-state index is 13.9. The van der Waals surface area contributed by atoms with E-state index in [2.05, 4.69) is 10.2 Å². The monoisotopic (exact) mass is 420 g/mol. The van der Waals surface area contributed by atoms with Crippen molar-refractivity contribution in [3.63, 3.8) is 0 Å². The molecule has 1 atom stereocenters. The van der Waals surface area contributed by atoms with Crippen LogP contribution in [0.3, 0.4) is 0 Å². The van der Waals surface area contributed by atoms with Crippen LogP contribution < -0.4 is 5.32 Å². The highest BCUT2D eigenvalue weighted by molar-refractivity contribution is 5.94. The number of nitrogens with zero attached hydrogens (tertiary/aromatic N) is 1. The summed E-state index contributed by atoms with van der Waals surface area (Å²) in [5, 5.41) is 19.0. The molecule has 1 fully saturated rings. The Hall–Kier alpha value is -2.84. The molecule has 1 amide bonds. The van der Waals surface area contributed by atoms with Crippen molar-refractivity contribution in [3.8, 4) is 11.1 Å². The second-order valence-electron chi connectivity index (χ2n) is 7.03. The summed E-state index contributed by atoms with van der Waals surface area (Å²) >= 11 is 0. The average Bonchev–Trinajstić information content (AvgIpc) is 2.75. The molecule has 1 saturated heterocycles. The number of halogens is 2. The van der Waals surface area contributed by atoms with Crippen LogP contribution in [0.5, 0.6) is 0 Å². The van der Waals surface area contributed by atoms with Crippen molar-refractivity contribution >= 4 is 12.4 Å². The molecule has 1 unspecified atom stereocenters. The number of hydrogen-bond acceptors (Lipinski definition) is 4. The lowest BCUT2D eigenvalue weighted by molar-refractivity contribution is -0.122. The Morgan fingerprint density at radius 3 is 2.40 bits per heavy atom. The maximum absolute atomic E-state index is 13.9. The number of carboxylic acid groups (broad SMARTS) is 1. The zero-order chi connectivity index (χ0) is 21.9. The van der Waals surface area contributed by atoms with E-state index in [4.69, 9.17) is 9.90 Å². The fourth-order valence-electron chi connectivity index (χ4n) is 3.49. The Morgan fingerprint density at radius 2 is 1.80 bits per heavy atom. The van der Waals surface area contributed by atoms with Gasteiger partial charge in [0.25, 0.3) is 12.4 Å². The molecule has 3 rings (SSSR count). The van der Waals surface area contributed by atoms with Gasteiger partial charge in [-0.1, -0.05) is 18.2 Å². The number of amides is 1. The highest BCUT2D eigenvalue weighted by Gasteiger charge is 2.19. The lowest BCUT2D eigenvalue weighted by atomic mass is 9.99. The van der Waals surface area contributed by atoms with Gasteiger partial charge in [0.05, 0.1) is 5.56 Å². The molecule has 1 heterocycles. The number of carbonyl (C=O) groups is 2. The third kappa shape index (κ3) is 6.60. The third-order valence-electron chi connectivity index (χ3n) is 4.97. The molecule has 0 aliphatic carbocycles. The number of likely N-dealkylation sites (tertiary alicyclic amines) is 1. The molecule has 2 aromatic carbocycles. The van der Waals surface area contributed by atoms with Gasteiger partial charge >= 0.3 is 0 Å². The van der Waals surface area contributed by atoms with Crippen LogP contribution in [0.1, 0.15) is 23.2 Å². The van der Waals surface area contributed by atoms with Crippen molar-refractivity contribution in [1.82, 2.24) is 10.2 Å². The third-order valence-corrected chi connectivity index (χ3v) is 4.97. The fraction of sp³-hybridized carbons (Fsp3) is 0.364. The van der Waals surface area contributed by atoms with Gasteiger partial charge in [-0.05, 0) is 55.1 Å². The summed E-state index contributed by atoms with van der Waals surface area (Å²) in [6.45, 7) is 3.05. The predicted molar refractivity (Wildman–Crippen MR) is 109 cm³/mol. The largest absolute Gasteiger partial charge is 0.483 e. The van der Waals surface area contributed by atoms with Gasteiger partial charge in [-0.2, -0.15) is 0 Å². The van der Waals surface area contributed by atoms with Crippen LogP contribution >= 0.6 is 0 Å². The summed E-state index contributed by atoms with van der Waals surface area (Å²) in [5.74, 6) is -1.16. The van der Waals surface area contributed by atoms with Crippen molar-refractivity contribution in [1.29, 1.82) is 0 Å². The minimum atomic E-state index is -0.630. The first kappa shape index (κ1) is 23.4. The predicted octanol–water partition coefficient (Wildman–Crippen LogP) is 2.77. The fourth-order valence-corrected chi connectivity index (χ4v) is 3.49. The molecule has 0 radical (unpaired) electrons. The van der Waals surface area contributed by atoms with Gasteiger partial charge in [0.2, 0.25) is 0 Å². The van der Waals surface area contributed by atoms with E-state index in [0.29, 0.717) is 23.6 Å². The first-order valence-electron chi connectivity index (χ1n) is 9.73. The van der Waals surface area contributed by atoms with Gasteiger partial charge in [-0.15, -0.1) is 0 Å². The molecule has 6 nitrogen and oxygen atoms in total. The molecule has 30 heavy (non-hydrogen) atoms. The summed E-state index contributed by atoms with van der Waals surface area (Å²) in [6.07, 6.45) is 2.11. The van der Waals surface area contributed by atoms with Crippen LogP contribution in [0.15, 0.2) is 42.5 Å². The van der Waals surface area contributed by atoms with Crippen LogP contribution in [0, 0.1) is 17.6 Å². The average molecular weight is 420 g/mol. The summed E-state index contributed by atoms with van der Waals surface area (Å²) < 4.78 is 27.7. The molecule has 0 bridgehead atoms. The number of hydrogen-bond donors (Lipinski definition) is 3. The van der Waals surface area contributed by atoms with Gasteiger partial charge in [-0.25, -0.2) is 8.78 Å².